The van der Waals surface area contributed by atoms with Gasteiger partial charge in [0.05, 0.1) is 0 Å². The van der Waals surface area contributed by atoms with Crippen LogP contribution in [-0.4, -0.2) is 0 Å². The van der Waals surface area contributed by atoms with Gasteiger partial charge in [-0.2, -0.15) is 47.0 Å². The van der Waals surface area contributed by atoms with Crippen molar-refractivity contribution in [2.24, 2.45) is 0 Å². The zero-order valence-electron chi connectivity index (χ0n) is 13.2. The summed E-state index contributed by atoms with van der Waals surface area (Å²) in [5, 5.41) is 0. The number of hydrogen-bond acceptors (Lipinski definition) is 0. The second-order valence-electron chi connectivity index (χ2n) is 5.29. The van der Waals surface area contributed by atoms with E-state index in [0.29, 0.717) is 0 Å². The summed E-state index contributed by atoms with van der Waals surface area (Å²) in [6.45, 7) is 4.24. The Balaban J connectivity index is 0.000000426. The Bertz CT molecular complexity index is 672. The third-order valence-electron chi connectivity index (χ3n) is 3.93. The molecule has 116 valence electrons. The minimum atomic E-state index is 0. The number of rotatable bonds is 0. The van der Waals surface area contributed by atoms with Gasteiger partial charge in [0.15, 0.2) is 0 Å². The Morgan fingerprint density at radius 1 is 0.913 bits per heavy atom. The molecule has 0 saturated carbocycles. The number of fused-ring (bicyclic) bond motifs is 3. The molecule has 0 fully saturated rings. The first kappa shape index (κ1) is 22.3. The maximum atomic E-state index is 3.30. The van der Waals surface area contributed by atoms with Crippen LogP contribution >= 0.6 is 0 Å². The van der Waals surface area contributed by atoms with Crippen LogP contribution in [0.2, 0.25) is 0 Å². The van der Waals surface area contributed by atoms with Crippen LogP contribution in [0, 0.1) is 19.9 Å². The van der Waals surface area contributed by atoms with Gasteiger partial charge < -0.3 is 24.8 Å². The Morgan fingerprint density at radius 3 is 2.22 bits per heavy atom. The van der Waals surface area contributed by atoms with Crippen molar-refractivity contribution in [2.75, 3.05) is 0 Å². The monoisotopic (exact) mass is 418 g/mol. The van der Waals surface area contributed by atoms with Crippen LogP contribution in [0.4, 0.5) is 0 Å². The van der Waals surface area contributed by atoms with E-state index in [1.54, 1.807) is 0 Å². The molecule has 0 aliphatic heterocycles. The van der Waals surface area contributed by atoms with Gasteiger partial charge in [-0.05, 0) is 6.42 Å². The van der Waals surface area contributed by atoms with Crippen molar-refractivity contribution in [1.29, 1.82) is 0 Å². The quantitative estimate of drug-likeness (QED) is 0.323. The fourth-order valence-corrected chi connectivity index (χ4v) is 2.60. The van der Waals surface area contributed by atoms with Gasteiger partial charge in [-0.3, -0.25) is 0 Å². The molecule has 0 radical (unpaired) electrons. The Kier molecular flexibility index (Phi) is 9.86. The van der Waals surface area contributed by atoms with Crippen LogP contribution in [0.1, 0.15) is 22.3 Å². The topological polar surface area (TPSA) is 0 Å². The van der Waals surface area contributed by atoms with Gasteiger partial charge >= 0.3 is 26.2 Å². The van der Waals surface area contributed by atoms with Crippen LogP contribution in [0.25, 0.3) is 11.1 Å². The predicted molar refractivity (Wildman–Crippen MR) is 85.0 cm³/mol. The molecule has 3 aromatic carbocycles. The second-order valence-corrected chi connectivity index (χ2v) is 5.29. The van der Waals surface area contributed by atoms with E-state index in [-0.39, 0.29) is 51.0 Å². The minimum absolute atomic E-state index is 0. The summed E-state index contributed by atoms with van der Waals surface area (Å²) < 4.78 is 0. The summed E-state index contributed by atoms with van der Waals surface area (Å²) in [6, 6.07) is 24.4. The summed E-state index contributed by atoms with van der Waals surface area (Å²) in [7, 11) is 0. The molecule has 3 heteroatoms. The number of halogens is 2. The van der Waals surface area contributed by atoms with Crippen molar-refractivity contribution < 1.29 is 51.0 Å². The molecule has 23 heavy (non-hydrogen) atoms. The molecule has 0 bridgehead atoms. The van der Waals surface area contributed by atoms with Crippen molar-refractivity contribution in [2.45, 2.75) is 20.3 Å². The zero-order valence-corrected chi connectivity index (χ0v) is 17.2. The zero-order chi connectivity index (χ0) is 13.9. The van der Waals surface area contributed by atoms with Crippen molar-refractivity contribution in [3.8, 4) is 11.1 Å². The Hall–Kier alpha value is -0.747. The standard InChI is InChI=1S/C13H9.C7H9.2ClH.Zr/c1-3-7-12-10(5-1)9-11-6-2-4-8-13(11)12;1-6-4-3-5-7(6)2;;;/h1-5,7-8H,9H2;3-5H,1-2H3;2*1H;/q2*-1;;;+4/p-2. The van der Waals surface area contributed by atoms with E-state index in [0.717, 1.165) is 6.42 Å². The molecule has 0 heterocycles. The molecule has 0 unspecified atom stereocenters. The van der Waals surface area contributed by atoms with Gasteiger partial charge in [0, 0.05) is 0 Å². The van der Waals surface area contributed by atoms with Gasteiger partial charge in [-0.1, -0.05) is 49.2 Å². The maximum Gasteiger partial charge on any atom is 4.00 e. The van der Waals surface area contributed by atoms with E-state index in [9.17, 15) is 0 Å². The number of benzene rings is 2. The summed E-state index contributed by atoms with van der Waals surface area (Å²) in [5.41, 5.74) is 8.29. The van der Waals surface area contributed by atoms with Crippen molar-refractivity contribution in [3.05, 3.63) is 89.0 Å². The van der Waals surface area contributed by atoms with Gasteiger partial charge in [0.2, 0.25) is 0 Å². The molecule has 0 spiro atoms. The second kappa shape index (κ2) is 10.2. The molecule has 1 aliphatic rings. The van der Waals surface area contributed by atoms with E-state index in [2.05, 4.69) is 74.5 Å². The van der Waals surface area contributed by atoms with Gasteiger partial charge in [-0.25, -0.2) is 12.1 Å². The largest absolute Gasteiger partial charge is 4.00 e. The maximum absolute atomic E-state index is 3.30. The van der Waals surface area contributed by atoms with Crippen LogP contribution < -0.4 is 24.8 Å². The molecular formula is C20H18Cl2Zr. The summed E-state index contributed by atoms with van der Waals surface area (Å²) >= 11 is 0. The van der Waals surface area contributed by atoms with E-state index in [1.807, 2.05) is 6.07 Å². The van der Waals surface area contributed by atoms with Gasteiger partial charge in [0.25, 0.3) is 0 Å². The molecule has 3 aromatic rings. The minimum Gasteiger partial charge on any atom is -1.00 e. The first-order valence-electron chi connectivity index (χ1n) is 7.02. The van der Waals surface area contributed by atoms with E-state index < -0.39 is 0 Å². The average molecular weight is 420 g/mol. The summed E-state index contributed by atoms with van der Waals surface area (Å²) in [4.78, 5) is 0. The van der Waals surface area contributed by atoms with Crippen molar-refractivity contribution in [3.63, 3.8) is 0 Å². The van der Waals surface area contributed by atoms with E-state index >= 15 is 0 Å². The van der Waals surface area contributed by atoms with Crippen LogP contribution in [-0.2, 0) is 32.6 Å². The smallest absolute Gasteiger partial charge is 1.00 e. The van der Waals surface area contributed by atoms with Crippen molar-refractivity contribution >= 4 is 0 Å². The van der Waals surface area contributed by atoms with E-state index in [1.165, 1.54) is 33.4 Å². The molecule has 1 aliphatic carbocycles. The van der Waals surface area contributed by atoms with Crippen molar-refractivity contribution in [1.82, 2.24) is 0 Å². The third-order valence-corrected chi connectivity index (χ3v) is 3.93. The van der Waals surface area contributed by atoms with Gasteiger partial charge in [0.1, 0.15) is 0 Å². The fourth-order valence-electron chi connectivity index (χ4n) is 2.60. The Labute approximate surface area is 170 Å². The molecule has 0 saturated heterocycles. The first-order valence-corrected chi connectivity index (χ1v) is 7.02. The number of aryl methyl sites for hydroxylation is 2. The van der Waals surface area contributed by atoms with Crippen LogP contribution in [0.5, 0.6) is 0 Å². The first-order chi connectivity index (χ1) is 9.75. The van der Waals surface area contributed by atoms with Crippen LogP contribution in [0.15, 0.2) is 60.7 Å². The van der Waals surface area contributed by atoms with Gasteiger partial charge in [-0.15, -0.1) is 5.56 Å². The molecule has 0 atom stereocenters. The Morgan fingerprint density at radius 2 is 1.61 bits per heavy atom. The summed E-state index contributed by atoms with van der Waals surface area (Å²) in [6.07, 6.45) is 1.05. The predicted octanol–water partition coefficient (Wildman–Crippen LogP) is -0.914. The molecule has 0 aromatic heterocycles. The average Bonchev–Trinajstić information content (AvgIpc) is 3.03. The summed E-state index contributed by atoms with van der Waals surface area (Å²) in [5.74, 6) is 0. The molecule has 0 N–H and O–H groups in total. The SMILES string of the molecule is Cc1ccc[c-]1C.[Cl-].[Cl-].[Zr+4].[c-]1cccc2c1Cc1ccccc1-2. The normalized spacial score (nSPS) is 9.83. The fraction of sp³-hybridized carbons (Fsp3) is 0.150. The molecule has 4 rings (SSSR count). The molecule has 0 amide bonds. The van der Waals surface area contributed by atoms with Crippen LogP contribution in [0.3, 0.4) is 0 Å². The molecular weight excluding hydrogens is 402 g/mol. The third kappa shape index (κ3) is 5.11. The van der Waals surface area contributed by atoms with E-state index in [4.69, 9.17) is 0 Å². The molecule has 0 nitrogen and oxygen atoms in total. The number of hydrogen-bond donors (Lipinski definition) is 0.